The maximum Gasteiger partial charge on any atom is 0.187 e. The van der Waals surface area contributed by atoms with E-state index >= 15 is 0 Å². The molecule has 17 nitrogen and oxygen atoms in total. The molecule has 0 radical (unpaired) electrons. The summed E-state index contributed by atoms with van der Waals surface area (Å²) in [5.74, 6) is 0.340. The molecule has 1 spiro atoms. The van der Waals surface area contributed by atoms with Crippen molar-refractivity contribution in [3.05, 3.63) is 12.2 Å². The number of fused-ring (bicyclic) bond motifs is 4. The lowest BCUT2D eigenvalue weighted by molar-refractivity contribution is -0.382. The van der Waals surface area contributed by atoms with Gasteiger partial charge in [0.05, 0.1) is 49.8 Å². The van der Waals surface area contributed by atoms with E-state index in [1.165, 1.54) is 6.92 Å². The van der Waals surface area contributed by atoms with Crippen molar-refractivity contribution in [2.24, 2.45) is 50.2 Å². The van der Waals surface area contributed by atoms with Gasteiger partial charge in [0.1, 0.15) is 61.0 Å². The fraction of sp³-hybridized carbons (Fsp3) is 0.958. The topological polar surface area (TPSA) is 267 Å². The molecule has 4 aliphatic heterocycles. The summed E-state index contributed by atoms with van der Waals surface area (Å²) in [4.78, 5) is 0. The number of hydrogen-bond donors (Lipinski definition) is 10. The molecule has 0 aromatic heterocycles. The highest BCUT2D eigenvalue weighted by molar-refractivity contribution is 5.36. The molecule has 0 aromatic carbocycles. The van der Waals surface area contributed by atoms with Gasteiger partial charge >= 0.3 is 0 Å². The Morgan fingerprint density at radius 1 is 0.615 bits per heavy atom. The lowest BCUT2D eigenvalue weighted by atomic mass is 9.32. The minimum atomic E-state index is -1.86. The van der Waals surface area contributed by atoms with Crippen LogP contribution in [0.15, 0.2) is 12.2 Å². The molecule has 17 heteroatoms. The minimum Gasteiger partial charge on any atom is -0.396 e. The second-order valence-electron chi connectivity index (χ2n) is 23.7. The number of ether oxygens (including phenoxy) is 7. The zero-order valence-electron chi connectivity index (χ0n) is 39.3. The second-order valence-corrected chi connectivity index (χ2v) is 23.7. The Bertz CT molecular complexity index is 1790. The molecular formula is C48H78O17. The van der Waals surface area contributed by atoms with E-state index in [9.17, 15) is 51.1 Å². The molecule has 372 valence electrons. The molecule has 0 aromatic rings. The summed E-state index contributed by atoms with van der Waals surface area (Å²) in [6, 6.07) is 0. The van der Waals surface area contributed by atoms with Gasteiger partial charge in [-0.3, -0.25) is 0 Å². The van der Waals surface area contributed by atoms with Crippen LogP contribution in [-0.4, -0.2) is 181 Å². The molecular weight excluding hydrogens is 849 g/mol. The molecule has 5 aliphatic carbocycles. The smallest absolute Gasteiger partial charge is 0.187 e. The van der Waals surface area contributed by atoms with Crippen LogP contribution in [0.1, 0.15) is 107 Å². The third-order valence-electron chi connectivity index (χ3n) is 20.0. The van der Waals surface area contributed by atoms with Crippen LogP contribution in [0, 0.1) is 50.2 Å². The molecule has 26 atom stereocenters. The van der Waals surface area contributed by atoms with Gasteiger partial charge in [-0.2, -0.15) is 0 Å². The second kappa shape index (κ2) is 16.6. The van der Waals surface area contributed by atoms with Crippen LogP contribution in [0.5, 0.6) is 0 Å². The molecule has 65 heavy (non-hydrogen) atoms. The highest BCUT2D eigenvalue weighted by Gasteiger charge is 2.79. The predicted molar refractivity (Wildman–Crippen MR) is 228 cm³/mol. The number of aliphatic hydroxyl groups excluding tert-OH is 10. The summed E-state index contributed by atoms with van der Waals surface area (Å²) in [5.41, 5.74) is -2.15. The van der Waals surface area contributed by atoms with E-state index in [4.69, 9.17) is 33.2 Å². The minimum absolute atomic E-state index is 0.00449. The van der Waals surface area contributed by atoms with Crippen LogP contribution in [0.2, 0.25) is 0 Å². The van der Waals surface area contributed by atoms with Crippen molar-refractivity contribution < 1.29 is 84.2 Å². The van der Waals surface area contributed by atoms with Crippen molar-refractivity contribution in [1.29, 1.82) is 0 Å². The van der Waals surface area contributed by atoms with Gasteiger partial charge in [0.15, 0.2) is 18.9 Å². The number of allylic oxidation sites excluding steroid dienone is 1. The molecule has 9 rings (SSSR count). The van der Waals surface area contributed by atoms with Crippen LogP contribution >= 0.6 is 0 Å². The van der Waals surface area contributed by atoms with Crippen molar-refractivity contribution in [3.63, 3.8) is 0 Å². The normalized spacial score (nSPS) is 59.5. The van der Waals surface area contributed by atoms with Crippen LogP contribution in [-0.2, 0) is 33.2 Å². The Morgan fingerprint density at radius 3 is 1.92 bits per heavy atom. The van der Waals surface area contributed by atoms with Gasteiger partial charge in [0, 0.05) is 22.2 Å². The molecule has 0 amide bonds. The molecule has 4 saturated heterocycles. The van der Waals surface area contributed by atoms with E-state index in [1.54, 1.807) is 6.92 Å². The molecule has 8 fully saturated rings. The van der Waals surface area contributed by atoms with E-state index in [1.807, 2.05) is 6.92 Å². The lowest BCUT2D eigenvalue weighted by Crippen LogP contribution is -2.72. The maximum absolute atomic E-state index is 12.2. The Labute approximate surface area is 382 Å². The number of rotatable bonds is 8. The van der Waals surface area contributed by atoms with Crippen molar-refractivity contribution in [3.8, 4) is 0 Å². The Morgan fingerprint density at radius 2 is 1.25 bits per heavy atom. The SMILES string of the molecule is C[C@@H]1O[C@@H](O[C@H]2[C@H](O)[C@@H](O)[C@H](O[C@H]3[C@@H](O)[C@@H](C)O[C@@H](O[C@H]4CC[C@@]5(C)C(CC[C@]6(C)[C@@H]5C=C[C@]57OC[C@@]8(CCC(C)(C)C[C@H]85)[C@@H](O)C[C@]76C)[C@]4(C)CO)[C@@H]3O)O[C@@H]2CO)[C@H](O)[C@H](O)[C@H]1O. The standard InChI is InChI=1S/C48H78O17/c1-22-30(52)32(54)34(56)39(60-22)64-37-24(19-49)62-40(35(57)33(37)55)65-38-31(53)23(2)61-41(36(38)58)63-29-11-12-43(5)25(44(29,6)20-50)9-13-45(7)26(43)10-14-48-27-17-42(3,4)15-16-47(27,21-59-48)28(51)18-46(45,48)8/h10,14,22-41,49-58H,9,11-13,15-21H2,1-8H3/t22-,23+,24+,25?,26+,27+,28-,29-,30-,31-,32+,33+,34+,35+,36+,37+,38-,39-,40-,41-,43-,44-,45+,46-,47+,48-/m0/s1. The number of aliphatic hydroxyl groups is 10. The van der Waals surface area contributed by atoms with Crippen LogP contribution in [0.3, 0.4) is 0 Å². The van der Waals surface area contributed by atoms with Crippen molar-refractivity contribution >= 4 is 0 Å². The van der Waals surface area contributed by atoms with Crippen LogP contribution in [0.25, 0.3) is 0 Å². The third-order valence-corrected chi connectivity index (χ3v) is 20.0. The molecule has 2 bridgehead atoms. The first-order valence-corrected chi connectivity index (χ1v) is 24.3. The van der Waals surface area contributed by atoms with Gasteiger partial charge in [0.25, 0.3) is 0 Å². The first-order chi connectivity index (χ1) is 30.4. The Hall–Kier alpha value is -0.940. The summed E-state index contributed by atoms with van der Waals surface area (Å²) >= 11 is 0. The fourth-order valence-electron chi connectivity index (χ4n) is 15.7. The van der Waals surface area contributed by atoms with E-state index < -0.39 is 122 Å². The summed E-state index contributed by atoms with van der Waals surface area (Å²) in [5, 5.41) is 110. The zero-order valence-corrected chi connectivity index (χ0v) is 39.3. The monoisotopic (exact) mass is 927 g/mol. The highest BCUT2D eigenvalue weighted by Crippen LogP contribution is 2.79. The quantitative estimate of drug-likeness (QED) is 0.118. The Balaban J connectivity index is 0.916. The first kappa shape index (κ1) is 49.1. The highest BCUT2D eigenvalue weighted by atomic mass is 16.8. The van der Waals surface area contributed by atoms with Crippen molar-refractivity contribution in [1.82, 2.24) is 0 Å². The van der Waals surface area contributed by atoms with Crippen molar-refractivity contribution in [2.75, 3.05) is 19.8 Å². The van der Waals surface area contributed by atoms with E-state index in [0.717, 1.165) is 38.5 Å². The summed E-state index contributed by atoms with van der Waals surface area (Å²) < 4.78 is 43.1. The molecule has 4 saturated carbocycles. The zero-order chi connectivity index (χ0) is 47.2. The average Bonchev–Trinajstić information content (AvgIpc) is 3.54. The maximum atomic E-state index is 12.2. The van der Waals surface area contributed by atoms with E-state index in [0.29, 0.717) is 19.4 Å². The summed E-state index contributed by atoms with van der Waals surface area (Å²) in [6.07, 6.45) is -11.9. The summed E-state index contributed by atoms with van der Waals surface area (Å²) in [6.45, 7) is 16.6. The Kier molecular flexibility index (Phi) is 12.5. The van der Waals surface area contributed by atoms with Crippen molar-refractivity contribution in [2.45, 2.75) is 217 Å². The summed E-state index contributed by atoms with van der Waals surface area (Å²) in [7, 11) is 0. The predicted octanol–water partition coefficient (Wildman–Crippen LogP) is 0.629. The first-order valence-electron chi connectivity index (χ1n) is 24.3. The molecule has 10 N–H and O–H groups in total. The molecule has 1 unspecified atom stereocenters. The molecule has 9 aliphatic rings. The van der Waals surface area contributed by atoms with Gasteiger partial charge in [-0.25, -0.2) is 0 Å². The van der Waals surface area contributed by atoms with Gasteiger partial charge in [-0.15, -0.1) is 0 Å². The average molecular weight is 927 g/mol. The van der Waals surface area contributed by atoms with Gasteiger partial charge in [-0.1, -0.05) is 53.7 Å². The molecule has 4 heterocycles. The van der Waals surface area contributed by atoms with Gasteiger partial charge in [-0.05, 0) is 93.3 Å². The third kappa shape index (κ3) is 6.94. The van der Waals surface area contributed by atoms with Gasteiger partial charge < -0.3 is 84.2 Å². The number of hydrogen-bond acceptors (Lipinski definition) is 17. The van der Waals surface area contributed by atoms with Crippen LogP contribution in [0.4, 0.5) is 0 Å². The van der Waals surface area contributed by atoms with E-state index in [-0.39, 0.29) is 51.4 Å². The van der Waals surface area contributed by atoms with E-state index in [2.05, 4.69) is 46.8 Å². The lowest BCUT2D eigenvalue weighted by Gasteiger charge is -2.73. The fourth-order valence-corrected chi connectivity index (χ4v) is 15.7. The largest absolute Gasteiger partial charge is 0.396 e. The van der Waals surface area contributed by atoms with Crippen LogP contribution < -0.4 is 0 Å². The van der Waals surface area contributed by atoms with Gasteiger partial charge in [0.2, 0.25) is 0 Å².